The summed E-state index contributed by atoms with van der Waals surface area (Å²) >= 11 is 5.92. The number of carbonyl (C=O) groups is 1. The molecule has 1 aliphatic carbocycles. The van der Waals surface area contributed by atoms with Crippen LogP contribution < -0.4 is 5.32 Å². The lowest BCUT2D eigenvalue weighted by Crippen LogP contribution is -2.45. The van der Waals surface area contributed by atoms with Gasteiger partial charge in [0.2, 0.25) is 0 Å². The van der Waals surface area contributed by atoms with Crippen molar-refractivity contribution in [3.05, 3.63) is 64.4 Å². The van der Waals surface area contributed by atoms with Gasteiger partial charge in [0.25, 0.3) is 5.91 Å². The van der Waals surface area contributed by atoms with Crippen molar-refractivity contribution in [2.24, 2.45) is 0 Å². The van der Waals surface area contributed by atoms with Crippen LogP contribution in [-0.4, -0.2) is 27.6 Å². The predicted molar refractivity (Wildman–Crippen MR) is 97.2 cm³/mol. The van der Waals surface area contributed by atoms with E-state index in [2.05, 4.69) is 22.1 Å². The van der Waals surface area contributed by atoms with Gasteiger partial charge in [-0.05, 0) is 37.5 Å². The van der Waals surface area contributed by atoms with Crippen LogP contribution >= 0.6 is 11.6 Å². The van der Waals surface area contributed by atoms with E-state index < -0.39 is 34.9 Å². The fraction of sp³-hybridized carbons (Fsp3) is 0.300. The van der Waals surface area contributed by atoms with Gasteiger partial charge in [-0.15, -0.1) is 0 Å². The molecule has 1 unspecified atom stereocenters. The number of pyridine rings is 1. The van der Waals surface area contributed by atoms with E-state index in [9.17, 15) is 18.7 Å². The van der Waals surface area contributed by atoms with Crippen LogP contribution in [-0.2, 0) is 0 Å². The standard InChI is InChI=1S/C20H17ClF2N2O2/c21-14-4-1-3-13(9-14)6-8-20(27)7-2-5-16(11-20)25-19(26)18-17(23)10-15(22)12-24-18/h1,3-4,9-10,12,16,27H,2,5,7,11H2,(H,25,26)/t16-,20?/m0/s1. The molecule has 140 valence electrons. The Kier molecular flexibility index (Phi) is 5.73. The van der Waals surface area contributed by atoms with E-state index in [-0.39, 0.29) is 6.42 Å². The fourth-order valence-electron chi connectivity index (χ4n) is 3.08. The minimum atomic E-state index is -1.27. The molecule has 1 aromatic carbocycles. The Morgan fingerprint density at radius 2 is 2.19 bits per heavy atom. The van der Waals surface area contributed by atoms with Gasteiger partial charge in [-0.1, -0.05) is 29.5 Å². The zero-order chi connectivity index (χ0) is 19.4. The third-order valence-corrected chi connectivity index (χ3v) is 4.58. The SMILES string of the molecule is O=C(N[C@H]1CCCC(O)(C#Cc2cccc(Cl)c2)C1)c1ncc(F)cc1F. The summed E-state index contributed by atoms with van der Waals surface area (Å²) in [7, 11) is 0. The molecule has 27 heavy (non-hydrogen) atoms. The fourth-order valence-corrected chi connectivity index (χ4v) is 3.27. The molecular formula is C20H17ClF2N2O2. The van der Waals surface area contributed by atoms with Crippen LogP contribution in [0, 0.1) is 23.5 Å². The lowest BCUT2D eigenvalue weighted by atomic mass is 9.82. The molecule has 0 saturated heterocycles. The Labute approximate surface area is 160 Å². The van der Waals surface area contributed by atoms with Gasteiger partial charge < -0.3 is 10.4 Å². The number of nitrogens with zero attached hydrogens (tertiary/aromatic N) is 1. The Morgan fingerprint density at radius 3 is 2.93 bits per heavy atom. The molecule has 2 atom stereocenters. The first kappa shape index (κ1) is 19.3. The lowest BCUT2D eigenvalue weighted by Gasteiger charge is -2.33. The first-order valence-corrected chi connectivity index (χ1v) is 8.85. The van der Waals surface area contributed by atoms with Crippen molar-refractivity contribution in [1.29, 1.82) is 0 Å². The molecule has 7 heteroatoms. The maximum atomic E-state index is 13.7. The normalized spacial score (nSPS) is 21.9. The van der Waals surface area contributed by atoms with Crippen molar-refractivity contribution in [2.75, 3.05) is 0 Å². The maximum absolute atomic E-state index is 13.7. The second kappa shape index (κ2) is 8.03. The summed E-state index contributed by atoms with van der Waals surface area (Å²) in [4.78, 5) is 15.7. The first-order valence-electron chi connectivity index (χ1n) is 8.48. The van der Waals surface area contributed by atoms with Crippen molar-refractivity contribution in [2.45, 2.75) is 37.3 Å². The third-order valence-electron chi connectivity index (χ3n) is 4.35. The van der Waals surface area contributed by atoms with Crippen LogP contribution in [0.5, 0.6) is 0 Å². The molecule has 0 radical (unpaired) electrons. The molecule has 2 aromatic rings. The van der Waals surface area contributed by atoms with Gasteiger partial charge in [0, 0.05) is 29.1 Å². The first-order chi connectivity index (χ1) is 12.8. The molecule has 2 N–H and O–H groups in total. The van der Waals surface area contributed by atoms with E-state index >= 15 is 0 Å². The number of benzene rings is 1. The van der Waals surface area contributed by atoms with Gasteiger partial charge in [-0.25, -0.2) is 13.8 Å². The monoisotopic (exact) mass is 390 g/mol. The van der Waals surface area contributed by atoms with Crippen molar-refractivity contribution in [1.82, 2.24) is 10.3 Å². The number of hydrogen-bond acceptors (Lipinski definition) is 3. The molecule has 1 saturated carbocycles. The summed E-state index contributed by atoms with van der Waals surface area (Å²) in [6.07, 6.45) is 2.72. The van der Waals surface area contributed by atoms with Gasteiger partial charge in [0.15, 0.2) is 11.5 Å². The summed E-state index contributed by atoms with van der Waals surface area (Å²) in [5.41, 5.74) is -1.07. The summed E-state index contributed by atoms with van der Waals surface area (Å²) in [6.45, 7) is 0. The number of nitrogens with one attached hydrogen (secondary N) is 1. The Balaban J connectivity index is 1.69. The molecule has 1 amide bonds. The zero-order valence-electron chi connectivity index (χ0n) is 14.3. The highest BCUT2D eigenvalue weighted by atomic mass is 35.5. The Hall–Kier alpha value is -2.49. The zero-order valence-corrected chi connectivity index (χ0v) is 15.1. The second-order valence-electron chi connectivity index (χ2n) is 6.54. The van der Waals surface area contributed by atoms with E-state index in [1.807, 2.05) is 0 Å². The smallest absolute Gasteiger partial charge is 0.273 e. The van der Waals surface area contributed by atoms with Crippen LogP contribution in [0.3, 0.4) is 0 Å². The summed E-state index contributed by atoms with van der Waals surface area (Å²) in [5.74, 6) is 3.14. The van der Waals surface area contributed by atoms with Crippen LogP contribution in [0.1, 0.15) is 41.7 Å². The van der Waals surface area contributed by atoms with E-state index in [0.717, 1.165) is 6.20 Å². The van der Waals surface area contributed by atoms with Gasteiger partial charge in [0.05, 0.1) is 6.20 Å². The second-order valence-corrected chi connectivity index (χ2v) is 6.98. The number of aromatic nitrogens is 1. The highest BCUT2D eigenvalue weighted by molar-refractivity contribution is 6.30. The molecule has 0 bridgehead atoms. The highest BCUT2D eigenvalue weighted by Crippen LogP contribution is 2.28. The van der Waals surface area contributed by atoms with Gasteiger partial charge in [0.1, 0.15) is 11.4 Å². The number of rotatable bonds is 2. The molecule has 0 spiro atoms. The number of carbonyl (C=O) groups excluding carboxylic acids is 1. The molecule has 1 fully saturated rings. The largest absolute Gasteiger partial charge is 0.378 e. The molecular weight excluding hydrogens is 374 g/mol. The van der Waals surface area contributed by atoms with E-state index in [0.29, 0.717) is 35.9 Å². The third kappa shape index (κ3) is 5.03. The van der Waals surface area contributed by atoms with Crippen LogP contribution in [0.25, 0.3) is 0 Å². The van der Waals surface area contributed by atoms with Gasteiger partial charge >= 0.3 is 0 Å². The quantitative estimate of drug-likeness (QED) is 0.772. The average molecular weight is 391 g/mol. The Bertz CT molecular complexity index is 926. The summed E-state index contributed by atoms with van der Waals surface area (Å²) < 4.78 is 26.6. The minimum absolute atomic E-state index is 0.203. The van der Waals surface area contributed by atoms with Gasteiger partial charge in [-0.3, -0.25) is 4.79 Å². The van der Waals surface area contributed by atoms with Crippen LogP contribution in [0.15, 0.2) is 36.5 Å². The Morgan fingerprint density at radius 1 is 1.37 bits per heavy atom. The minimum Gasteiger partial charge on any atom is -0.378 e. The van der Waals surface area contributed by atoms with E-state index in [1.54, 1.807) is 24.3 Å². The molecule has 1 aliphatic rings. The molecule has 3 rings (SSSR count). The van der Waals surface area contributed by atoms with Crippen molar-refractivity contribution in [3.63, 3.8) is 0 Å². The van der Waals surface area contributed by atoms with Crippen LogP contribution in [0.2, 0.25) is 5.02 Å². The lowest BCUT2D eigenvalue weighted by molar-refractivity contribution is 0.0451. The topological polar surface area (TPSA) is 62.2 Å². The molecule has 0 aliphatic heterocycles. The molecule has 1 aromatic heterocycles. The highest BCUT2D eigenvalue weighted by Gasteiger charge is 2.34. The van der Waals surface area contributed by atoms with Crippen molar-refractivity contribution < 1.29 is 18.7 Å². The van der Waals surface area contributed by atoms with Crippen LogP contribution in [0.4, 0.5) is 8.78 Å². The maximum Gasteiger partial charge on any atom is 0.273 e. The van der Waals surface area contributed by atoms with E-state index in [4.69, 9.17) is 11.6 Å². The van der Waals surface area contributed by atoms with E-state index in [1.165, 1.54) is 0 Å². The summed E-state index contributed by atoms with van der Waals surface area (Å²) in [5, 5.41) is 13.9. The molecule has 4 nitrogen and oxygen atoms in total. The average Bonchev–Trinajstić information content (AvgIpc) is 2.60. The number of amides is 1. The predicted octanol–water partition coefficient (Wildman–Crippen LogP) is 3.47. The number of hydrogen-bond donors (Lipinski definition) is 2. The van der Waals surface area contributed by atoms with Gasteiger partial charge in [-0.2, -0.15) is 0 Å². The van der Waals surface area contributed by atoms with Crippen molar-refractivity contribution in [3.8, 4) is 11.8 Å². The summed E-state index contributed by atoms with van der Waals surface area (Å²) in [6, 6.07) is 7.20. The molecule has 1 heterocycles. The van der Waals surface area contributed by atoms with Crippen molar-refractivity contribution >= 4 is 17.5 Å². The number of halogens is 3. The number of aliphatic hydroxyl groups is 1.